The molecule has 0 N–H and O–H groups in total. The molecule has 0 bridgehead atoms. The Labute approximate surface area is 110 Å². The molecule has 17 heavy (non-hydrogen) atoms. The van der Waals surface area contributed by atoms with Crippen molar-refractivity contribution in [2.75, 3.05) is 0 Å². The third-order valence-electron chi connectivity index (χ3n) is 3.38. The summed E-state index contributed by atoms with van der Waals surface area (Å²) in [4.78, 5) is 4.52. The van der Waals surface area contributed by atoms with E-state index in [-0.39, 0.29) is 0 Å². The molecular weight excluding hydrogens is 276 g/mol. The maximum atomic E-state index is 4.52. The van der Waals surface area contributed by atoms with Gasteiger partial charge in [-0.15, -0.1) is 0 Å². The molecule has 2 aromatic rings. The molecule has 0 amide bonds. The number of fused-ring (bicyclic) bond motifs is 1. The van der Waals surface area contributed by atoms with Crippen LogP contribution in [0.4, 0.5) is 0 Å². The molecule has 0 aliphatic heterocycles. The summed E-state index contributed by atoms with van der Waals surface area (Å²) in [5.74, 6) is 0. The minimum atomic E-state index is 0.940. The number of halogens is 1. The van der Waals surface area contributed by atoms with Gasteiger partial charge in [0, 0.05) is 16.7 Å². The van der Waals surface area contributed by atoms with Crippen LogP contribution in [0.3, 0.4) is 0 Å². The molecule has 1 aliphatic carbocycles. The van der Waals surface area contributed by atoms with Crippen molar-refractivity contribution in [3.8, 4) is 0 Å². The fourth-order valence-electron chi connectivity index (χ4n) is 2.45. The molecule has 1 aliphatic rings. The Bertz CT molecular complexity index is 514. The number of benzene rings is 1. The lowest BCUT2D eigenvalue weighted by Gasteiger charge is -2.14. The Morgan fingerprint density at radius 1 is 1.12 bits per heavy atom. The van der Waals surface area contributed by atoms with Gasteiger partial charge in [0.1, 0.15) is 0 Å². The summed E-state index contributed by atoms with van der Waals surface area (Å²) >= 11 is 3.46. The van der Waals surface area contributed by atoms with Gasteiger partial charge in [-0.1, -0.05) is 28.1 Å². The minimum absolute atomic E-state index is 0.940. The van der Waals surface area contributed by atoms with Crippen molar-refractivity contribution in [2.45, 2.75) is 32.2 Å². The largest absolute Gasteiger partial charge is 0.330 e. The lowest BCUT2D eigenvalue weighted by Crippen LogP contribution is -2.08. The first-order chi connectivity index (χ1) is 8.33. The van der Waals surface area contributed by atoms with Gasteiger partial charge < -0.3 is 4.57 Å². The molecule has 0 unspecified atom stereocenters. The van der Waals surface area contributed by atoms with E-state index in [0.29, 0.717) is 0 Å². The zero-order valence-corrected chi connectivity index (χ0v) is 11.3. The highest BCUT2D eigenvalue weighted by Gasteiger charge is 2.14. The summed E-state index contributed by atoms with van der Waals surface area (Å²) < 4.78 is 3.44. The molecule has 88 valence electrons. The van der Waals surface area contributed by atoms with Crippen molar-refractivity contribution >= 4 is 15.9 Å². The number of hydrogen-bond donors (Lipinski definition) is 0. The summed E-state index contributed by atoms with van der Waals surface area (Å²) in [7, 11) is 0. The topological polar surface area (TPSA) is 17.8 Å². The van der Waals surface area contributed by atoms with Crippen LogP contribution in [0.25, 0.3) is 0 Å². The maximum Gasteiger partial charge on any atom is 0.0954 e. The van der Waals surface area contributed by atoms with Gasteiger partial charge in [0.2, 0.25) is 0 Å². The molecule has 0 fully saturated rings. The normalized spacial score (nSPS) is 14.6. The number of nitrogens with zero attached hydrogens (tertiary/aromatic N) is 2. The van der Waals surface area contributed by atoms with E-state index in [1.54, 1.807) is 0 Å². The van der Waals surface area contributed by atoms with Crippen LogP contribution >= 0.6 is 15.9 Å². The van der Waals surface area contributed by atoms with Gasteiger partial charge in [-0.25, -0.2) is 4.98 Å². The van der Waals surface area contributed by atoms with Gasteiger partial charge in [-0.2, -0.15) is 0 Å². The lowest BCUT2D eigenvalue weighted by molar-refractivity contribution is 0.628. The zero-order chi connectivity index (χ0) is 11.7. The first kappa shape index (κ1) is 11.0. The van der Waals surface area contributed by atoms with Gasteiger partial charge in [0.15, 0.2) is 0 Å². The Balaban J connectivity index is 1.85. The van der Waals surface area contributed by atoms with Crippen LogP contribution in [-0.2, 0) is 19.4 Å². The molecule has 0 radical (unpaired) electrons. The maximum absolute atomic E-state index is 4.52. The minimum Gasteiger partial charge on any atom is -0.330 e. The fourth-order valence-corrected chi connectivity index (χ4v) is 2.72. The fraction of sp³-hybridized carbons (Fsp3) is 0.357. The zero-order valence-electron chi connectivity index (χ0n) is 9.69. The van der Waals surface area contributed by atoms with Crippen LogP contribution in [0.5, 0.6) is 0 Å². The van der Waals surface area contributed by atoms with Gasteiger partial charge >= 0.3 is 0 Å². The molecule has 0 atom stereocenters. The first-order valence-corrected chi connectivity index (χ1v) is 6.89. The molecule has 3 heteroatoms. The van der Waals surface area contributed by atoms with E-state index >= 15 is 0 Å². The number of aromatic nitrogens is 2. The second kappa shape index (κ2) is 4.65. The van der Waals surface area contributed by atoms with E-state index in [1.807, 2.05) is 6.33 Å². The smallest absolute Gasteiger partial charge is 0.0954 e. The SMILES string of the molecule is Brc1ccc(Cn2cnc3c2CCCC3)cc1. The molecule has 0 saturated heterocycles. The van der Waals surface area contributed by atoms with E-state index in [0.717, 1.165) is 17.4 Å². The van der Waals surface area contributed by atoms with Crippen molar-refractivity contribution in [2.24, 2.45) is 0 Å². The molecular formula is C14H15BrN2. The highest BCUT2D eigenvalue weighted by Crippen LogP contribution is 2.21. The van der Waals surface area contributed by atoms with Crippen LogP contribution in [0.15, 0.2) is 35.1 Å². The second-order valence-corrected chi connectivity index (χ2v) is 5.52. The standard InChI is InChI=1S/C14H15BrN2/c15-12-7-5-11(6-8-12)9-17-10-16-13-3-1-2-4-14(13)17/h5-8,10H,1-4,9H2. The molecule has 1 heterocycles. The van der Waals surface area contributed by atoms with Crippen LogP contribution in [-0.4, -0.2) is 9.55 Å². The van der Waals surface area contributed by atoms with E-state index in [1.165, 1.54) is 36.2 Å². The van der Waals surface area contributed by atoms with E-state index in [2.05, 4.69) is 49.7 Å². The highest BCUT2D eigenvalue weighted by molar-refractivity contribution is 9.10. The molecule has 3 rings (SSSR count). The highest BCUT2D eigenvalue weighted by atomic mass is 79.9. The van der Waals surface area contributed by atoms with E-state index < -0.39 is 0 Å². The van der Waals surface area contributed by atoms with Crippen molar-refractivity contribution < 1.29 is 0 Å². The Kier molecular flexibility index (Phi) is 3.02. The van der Waals surface area contributed by atoms with Gasteiger partial charge in [-0.05, 0) is 43.4 Å². The summed E-state index contributed by atoms with van der Waals surface area (Å²) in [6, 6.07) is 8.52. The Morgan fingerprint density at radius 3 is 2.71 bits per heavy atom. The van der Waals surface area contributed by atoms with Crippen molar-refractivity contribution in [3.05, 3.63) is 52.0 Å². The van der Waals surface area contributed by atoms with E-state index in [9.17, 15) is 0 Å². The van der Waals surface area contributed by atoms with Crippen LogP contribution in [0, 0.1) is 0 Å². The molecule has 1 aromatic carbocycles. The van der Waals surface area contributed by atoms with Crippen molar-refractivity contribution in [1.82, 2.24) is 9.55 Å². The average Bonchev–Trinajstić information content (AvgIpc) is 2.76. The predicted molar refractivity (Wildman–Crippen MR) is 72.1 cm³/mol. The lowest BCUT2D eigenvalue weighted by atomic mass is 10.0. The second-order valence-electron chi connectivity index (χ2n) is 4.60. The van der Waals surface area contributed by atoms with Crippen LogP contribution in [0.1, 0.15) is 29.8 Å². The Morgan fingerprint density at radius 2 is 1.88 bits per heavy atom. The third-order valence-corrected chi connectivity index (χ3v) is 3.90. The number of rotatable bonds is 2. The first-order valence-electron chi connectivity index (χ1n) is 6.10. The number of hydrogen-bond acceptors (Lipinski definition) is 1. The van der Waals surface area contributed by atoms with Gasteiger partial charge in [0.05, 0.1) is 12.0 Å². The summed E-state index contributed by atoms with van der Waals surface area (Å²) in [6.45, 7) is 0.940. The van der Waals surface area contributed by atoms with Crippen LogP contribution < -0.4 is 0 Å². The average molecular weight is 291 g/mol. The third kappa shape index (κ3) is 2.29. The molecule has 0 saturated carbocycles. The van der Waals surface area contributed by atoms with Gasteiger partial charge in [0.25, 0.3) is 0 Å². The van der Waals surface area contributed by atoms with Crippen molar-refractivity contribution in [1.29, 1.82) is 0 Å². The monoisotopic (exact) mass is 290 g/mol. The summed E-state index contributed by atoms with van der Waals surface area (Å²) in [5.41, 5.74) is 4.09. The molecule has 1 aromatic heterocycles. The van der Waals surface area contributed by atoms with Crippen molar-refractivity contribution in [3.63, 3.8) is 0 Å². The molecule has 2 nitrogen and oxygen atoms in total. The number of imidazole rings is 1. The van der Waals surface area contributed by atoms with E-state index in [4.69, 9.17) is 0 Å². The van der Waals surface area contributed by atoms with Crippen LogP contribution in [0.2, 0.25) is 0 Å². The quantitative estimate of drug-likeness (QED) is 0.827. The van der Waals surface area contributed by atoms with Gasteiger partial charge in [-0.3, -0.25) is 0 Å². The predicted octanol–water partition coefficient (Wildman–Crippen LogP) is 3.57. The number of aryl methyl sites for hydroxylation is 1. The molecule has 0 spiro atoms. The Hall–Kier alpha value is -1.09. The summed E-state index contributed by atoms with van der Waals surface area (Å²) in [5, 5.41) is 0. The summed E-state index contributed by atoms with van der Waals surface area (Å²) in [6.07, 6.45) is 6.94.